The maximum atomic E-state index is 11.2. The summed E-state index contributed by atoms with van der Waals surface area (Å²) in [5, 5.41) is 9.18. The van der Waals surface area contributed by atoms with Gasteiger partial charge in [-0.3, -0.25) is 4.79 Å². The van der Waals surface area contributed by atoms with Gasteiger partial charge in [0, 0.05) is 6.42 Å². The van der Waals surface area contributed by atoms with Crippen LogP contribution < -0.4 is 0 Å². The van der Waals surface area contributed by atoms with E-state index in [-0.39, 0.29) is 11.8 Å². The van der Waals surface area contributed by atoms with Crippen molar-refractivity contribution in [1.29, 1.82) is 0 Å². The topological polar surface area (TPSA) is 37.3 Å². The molecule has 0 aliphatic heterocycles. The van der Waals surface area contributed by atoms with E-state index >= 15 is 0 Å². The first-order valence-corrected chi connectivity index (χ1v) is 6.18. The molecule has 2 nitrogen and oxygen atoms in total. The van der Waals surface area contributed by atoms with Gasteiger partial charge in [0.2, 0.25) is 0 Å². The third kappa shape index (κ3) is 3.27. The van der Waals surface area contributed by atoms with Gasteiger partial charge in [-0.05, 0) is 43.9 Å². The second-order valence-corrected chi connectivity index (χ2v) is 5.15. The molecule has 2 heteroatoms. The van der Waals surface area contributed by atoms with E-state index in [1.807, 2.05) is 6.92 Å². The molecule has 0 aromatic rings. The first-order valence-electron chi connectivity index (χ1n) is 6.18. The Labute approximate surface area is 98.4 Å². The highest BCUT2D eigenvalue weighted by molar-refractivity contribution is 5.70. The molecule has 0 heterocycles. The van der Waals surface area contributed by atoms with Crippen LogP contribution in [0, 0.1) is 35.5 Å². The molecule has 0 saturated heterocycles. The van der Waals surface area contributed by atoms with Crippen LogP contribution in [0.3, 0.4) is 0 Å². The fourth-order valence-electron chi connectivity index (χ4n) is 2.69. The van der Waals surface area contributed by atoms with Crippen LogP contribution in [0.4, 0.5) is 0 Å². The highest BCUT2D eigenvalue weighted by Gasteiger charge is 2.35. The van der Waals surface area contributed by atoms with Gasteiger partial charge >= 0.3 is 5.97 Å². The zero-order valence-electron chi connectivity index (χ0n) is 10.5. The molecule has 1 aliphatic carbocycles. The van der Waals surface area contributed by atoms with E-state index < -0.39 is 5.97 Å². The van der Waals surface area contributed by atoms with Crippen LogP contribution in [0.25, 0.3) is 0 Å². The van der Waals surface area contributed by atoms with Gasteiger partial charge in [0.25, 0.3) is 0 Å². The van der Waals surface area contributed by atoms with E-state index in [0.29, 0.717) is 11.8 Å². The van der Waals surface area contributed by atoms with Crippen molar-refractivity contribution in [2.75, 3.05) is 0 Å². The third-order valence-corrected chi connectivity index (χ3v) is 3.82. The number of carbonyl (C=O) groups is 1. The fourth-order valence-corrected chi connectivity index (χ4v) is 2.69. The van der Waals surface area contributed by atoms with Crippen LogP contribution in [0.1, 0.15) is 46.5 Å². The summed E-state index contributed by atoms with van der Waals surface area (Å²) in [7, 11) is 0. The van der Waals surface area contributed by atoms with Gasteiger partial charge in [-0.25, -0.2) is 0 Å². The van der Waals surface area contributed by atoms with Gasteiger partial charge in [0.05, 0.1) is 5.92 Å². The molecule has 16 heavy (non-hydrogen) atoms. The Morgan fingerprint density at radius 1 is 1.44 bits per heavy atom. The molecule has 1 N–H and O–H groups in total. The van der Waals surface area contributed by atoms with E-state index in [2.05, 4.69) is 25.7 Å². The van der Waals surface area contributed by atoms with Gasteiger partial charge < -0.3 is 5.11 Å². The minimum Gasteiger partial charge on any atom is -0.481 e. The second-order valence-electron chi connectivity index (χ2n) is 5.15. The van der Waals surface area contributed by atoms with Gasteiger partial charge in [-0.2, -0.15) is 0 Å². The zero-order valence-corrected chi connectivity index (χ0v) is 10.5. The molecule has 90 valence electrons. The van der Waals surface area contributed by atoms with Crippen LogP contribution in [0.15, 0.2) is 0 Å². The number of rotatable bonds is 3. The first kappa shape index (κ1) is 13.1. The molecule has 1 saturated carbocycles. The Kier molecular flexibility index (Phi) is 4.86. The Morgan fingerprint density at radius 3 is 2.62 bits per heavy atom. The molecule has 0 spiro atoms. The van der Waals surface area contributed by atoms with Crippen molar-refractivity contribution in [3.05, 3.63) is 0 Å². The Morgan fingerprint density at radius 2 is 2.12 bits per heavy atom. The third-order valence-electron chi connectivity index (χ3n) is 3.82. The van der Waals surface area contributed by atoms with Crippen molar-refractivity contribution >= 4 is 5.97 Å². The second kappa shape index (κ2) is 5.94. The highest BCUT2D eigenvalue weighted by Crippen LogP contribution is 2.39. The molecule has 3 atom stereocenters. The molecule has 1 fully saturated rings. The van der Waals surface area contributed by atoms with E-state index in [1.54, 1.807) is 0 Å². The van der Waals surface area contributed by atoms with Gasteiger partial charge in [0.15, 0.2) is 0 Å². The van der Waals surface area contributed by atoms with Crippen molar-refractivity contribution in [3.63, 3.8) is 0 Å². The number of hydrogen-bond donors (Lipinski definition) is 1. The zero-order chi connectivity index (χ0) is 12.1. The van der Waals surface area contributed by atoms with Crippen molar-refractivity contribution in [3.8, 4) is 11.8 Å². The van der Waals surface area contributed by atoms with Crippen molar-refractivity contribution in [1.82, 2.24) is 0 Å². The summed E-state index contributed by atoms with van der Waals surface area (Å²) in [6.45, 7) is 6.28. The van der Waals surface area contributed by atoms with E-state index in [4.69, 9.17) is 0 Å². The SMILES string of the molecule is CC#CCC1CC(C(C)C)CCC1C(=O)O. The fraction of sp³-hybridized carbons (Fsp3) is 0.786. The van der Waals surface area contributed by atoms with Crippen LogP contribution in [-0.2, 0) is 4.79 Å². The monoisotopic (exact) mass is 222 g/mol. The molecule has 0 aromatic heterocycles. The van der Waals surface area contributed by atoms with Crippen LogP contribution >= 0.6 is 0 Å². The molecule has 1 aliphatic rings. The average Bonchev–Trinajstić information content (AvgIpc) is 2.25. The summed E-state index contributed by atoms with van der Waals surface area (Å²) in [6, 6.07) is 0. The number of hydrogen-bond acceptors (Lipinski definition) is 1. The molecule has 1 rings (SSSR count). The predicted molar refractivity (Wildman–Crippen MR) is 64.9 cm³/mol. The minimum absolute atomic E-state index is 0.171. The summed E-state index contributed by atoms with van der Waals surface area (Å²) in [4.78, 5) is 11.2. The lowest BCUT2D eigenvalue weighted by atomic mass is 9.69. The minimum atomic E-state index is -0.634. The summed E-state index contributed by atoms with van der Waals surface area (Å²) in [6.07, 6.45) is 3.67. The van der Waals surface area contributed by atoms with E-state index in [9.17, 15) is 9.90 Å². The van der Waals surface area contributed by atoms with Gasteiger partial charge in [0.1, 0.15) is 0 Å². The molecule has 0 bridgehead atoms. The first-order chi connectivity index (χ1) is 7.56. The summed E-state index contributed by atoms with van der Waals surface area (Å²) in [5.74, 6) is 6.71. The molecular formula is C14H22O2. The Bertz CT molecular complexity index is 296. The normalized spacial score (nSPS) is 29.6. The van der Waals surface area contributed by atoms with Crippen LogP contribution in [0.5, 0.6) is 0 Å². The van der Waals surface area contributed by atoms with Crippen molar-refractivity contribution < 1.29 is 9.90 Å². The lowest BCUT2D eigenvalue weighted by Crippen LogP contribution is -2.32. The largest absolute Gasteiger partial charge is 0.481 e. The summed E-state index contributed by atoms with van der Waals surface area (Å²) >= 11 is 0. The quantitative estimate of drug-likeness (QED) is 0.745. The lowest BCUT2D eigenvalue weighted by Gasteiger charge is -2.35. The van der Waals surface area contributed by atoms with Gasteiger partial charge in [-0.1, -0.05) is 13.8 Å². The lowest BCUT2D eigenvalue weighted by molar-refractivity contribution is -0.145. The van der Waals surface area contributed by atoms with Crippen LogP contribution in [-0.4, -0.2) is 11.1 Å². The maximum Gasteiger partial charge on any atom is 0.306 e. The molecule has 0 aromatic carbocycles. The van der Waals surface area contributed by atoms with E-state index in [0.717, 1.165) is 25.7 Å². The summed E-state index contributed by atoms with van der Waals surface area (Å²) < 4.78 is 0. The number of carboxylic acid groups (broad SMARTS) is 1. The van der Waals surface area contributed by atoms with Crippen molar-refractivity contribution in [2.24, 2.45) is 23.7 Å². The maximum absolute atomic E-state index is 11.2. The molecule has 0 radical (unpaired) electrons. The Hall–Kier alpha value is -0.970. The van der Waals surface area contributed by atoms with Crippen LogP contribution in [0.2, 0.25) is 0 Å². The average molecular weight is 222 g/mol. The summed E-state index contributed by atoms with van der Waals surface area (Å²) in [5.41, 5.74) is 0. The van der Waals surface area contributed by atoms with Crippen molar-refractivity contribution in [2.45, 2.75) is 46.5 Å². The predicted octanol–water partition coefficient (Wildman–Crippen LogP) is 3.17. The molecule has 3 unspecified atom stereocenters. The smallest absolute Gasteiger partial charge is 0.306 e. The number of aliphatic carboxylic acids is 1. The van der Waals surface area contributed by atoms with Gasteiger partial charge in [-0.15, -0.1) is 11.8 Å². The molecule has 0 amide bonds. The Balaban J connectivity index is 2.67. The standard InChI is InChI=1S/C14H22O2/c1-4-5-6-12-9-11(10(2)3)7-8-13(12)14(15)16/h10-13H,6-9H2,1-3H3,(H,15,16). The highest BCUT2D eigenvalue weighted by atomic mass is 16.4. The van der Waals surface area contributed by atoms with E-state index in [1.165, 1.54) is 0 Å². The number of carboxylic acids is 1. The molecular weight excluding hydrogens is 200 g/mol.